The molecule has 0 saturated carbocycles. The average Bonchev–Trinajstić information content (AvgIpc) is 2.55. The van der Waals surface area contributed by atoms with Crippen LogP contribution in [0.3, 0.4) is 0 Å². The third-order valence-electron chi connectivity index (χ3n) is 3.98. The van der Waals surface area contributed by atoms with Gasteiger partial charge >= 0.3 is 0 Å². The maximum atomic E-state index is 9.94. The summed E-state index contributed by atoms with van der Waals surface area (Å²) in [4.78, 5) is 0. The summed E-state index contributed by atoms with van der Waals surface area (Å²) in [5.74, 6) is 0. The molecule has 0 aliphatic carbocycles. The van der Waals surface area contributed by atoms with Gasteiger partial charge in [0.15, 0.2) is 12.6 Å². The molecule has 0 amide bonds. The summed E-state index contributed by atoms with van der Waals surface area (Å²) < 4.78 is 15.3. The molecule has 2 saturated heterocycles. The molecular weight excluding hydrogens is 320 g/mol. The van der Waals surface area contributed by atoms with Gasteiger partial charge in [-0.1, -0.05) is 0 Å². The monoisotopic (exact) mass is 342 g/mol. The van der Waals surface area contributed by atoms with E-state index in [4.69, 9.17) is 19.3 Å². The molecule has 11 heteroatoms. The minimum absolute atomic E-state index is 0.667. The number of aliphatic hydroxyl groups excluding tert-OH is 8. The van der Waals surface area contributed by atoms with E-state index in [2.05, 4.69) is 0 Å². The highest BCUT2D eigenvalue weighted by atomic mass is 16.7. The Kier molecular flexibility index (Phi) is 6.27. The molecule has 8 N–H and O–H groups in total. The van der Waals surface area contributed by atoms with E-state index >= 15 is 0 Å². The topological polar surface area (TPSA) is 190 Å². The molecule has 0 bridgehead atoms. The molecule has 0 aromatic heterocycles. The van der Waals surface area contributed by atoms with Crippen molar-refractivity contribution in [2.45, 2.75) is 61.4 Å². The van der Waals surface area contributed by atoms with Crippen molar-refractivity contribution >= 4 is 0 Å². The van der Waals surface area contributed by atoms with Crippen molar-refractivity contribution in [3.63, 3.8) is 0 Å². The molecular formula is C12H22O11. The highest BCUT2D eigenvalue weighted by Crippen LogP contribution is 2.28. The summed E-state index contributed by atoms with van der Waals surface area (Å²) in [6.45, 7) is -1.35. The van der Waals surface area contributed by atoms with E-state index in [1.807, 2.05) is 0 Å². The first-order chi connectivity index (χ1) is 10.8. The quantitative estimate of drug-likeness (QED) is 0.243. The highest BCUT2D eigenvalue weighted by molar-refractivity contribution is 4.93. The summed E-state index contributed by atoms with van der Waals surface area (Å²) in [6.07, 6.45) is -15.6. The first-order valence-electron chi connectivity index (χ1n) is 7.08. The van der Waals surface area contributed by atoms with Crippen molar-refractivity contribution in [2.75, 3.05) is 13.2 Å². The third kappa shape index (κ3) is 3.65. The lowest BCUT2D eigenvalue weighted by Gasteiger charge is -2.45. The van der Waals surface area contributed by atoms with Gasteiger partial charge in [0.1, 0.15) is 48.8 Å². The Bertz CT molecular complexity index is 378. The summed E-state index contributed by atoms with van der Waals surface area (Å²) in [6, 6.07) is 0. The van der Waals surface area contributed by atoms with Crippen LogP contribution in [0, 0.1) is 0 Å². The average molecular weight is 342 g/mol. The number of hydrogen-bond donors (Lipinski definition) is 8. The van der Waals surface area contributed by atoms with Crippen molar-refractivity contribution in [1.82, 2.24) is 0 Å². The van der Waals surface area contributed by atoms with Gasteiger partial charge in [-0.15, -0.1) is 0 Å². The lowest BCUT2D eigenvalue weighted by Crippen LogP contribution is -2.64. The van der Waals surface area contributed by atoms with Gasteiger partial charge in [-0.2, -0.15) is 0 Å². The Balaban J connectivity index is 2.11. The van der Waals surface area contributed by atoms with Crippen molar-refractivity contribution in [3.05, 3.63) is 0 Å². The molecule has 0 radical (unpaired) electrons. The fraction of sp³-hybridized carbons (Fsp3) is 1.00. The van der Waals surface area contributed by atoms with Crippen LogP contribution in [0.2, 0.25) is 0 Å². The molecule has 0 aromatic rings. The maximum Gasteiger partial charge on any atom is 0.187 e. The second kappa shape index (κ2) is 7.63. The fourth-order valence-corrected chi connectivity index (χ4v) is 2.57. The Hall–Kier alpha value is -0.440. The summed E-state index contributed by atoms with van der Waals surface area (Å²) in [5.41, 5.74) is 0. The number of aliphatic hydroxyl groups is 8. The number of rotatable bonds is 4. The lowest BCUT2D eigenvalue weighted by atomic mass is 9.97. The van der Waals surface area contributed by atoms with Crippen molar-refractivity contribution in [3.8, 4) is 0 Å². The summed E-state index contributed by atoms with van der Waals surface area (Å²) >= 11 is 0. The van der Waals surface area contributed by atoms with E-state index in [-0.39, 0.29) is 0 Å². The Labute approximate surface area is 130 Å². The van der Waals surface area contributed by atoms with E-state index in [0.717, 1.165) is 0 Å². The van der Waals surface area contributed by atoms with Crippen LogP contribution in [-0.4, -0.2) is 115 Å². The zero-order valence-electron chi connectivity index (χ0n) is 12.0. The highest BCUT2D eigenvalue weighted by Gasteiger charge is 2.50. The second-order valence-electron chi connectivity index (χ2n) is 5.53. The summed E-state index contributed by atoms with van der Waals surface area (Å²) in [5, 5.41) is 76.5. The molecule has 136 valence electrons. The fourth-order valence-electron chi connectivity index (χ4n) is 2.57. The molecule has 0 spiro atoms. The van der Waals surface area contributed by atoms with Gasteiger partial charge in [-0.05, 0) is 0 Å². The summed E-state index contributed by atoms with van der Waals surface area (Å²) in [7, 11) is 0. The van der Waals surface area contributed by atoms with Gasteiger partial charge in [0.05, 0.1) is 13.2 Å². The number of hydrogen-bond acceptors (Lipinski definition) is 11. The van der Waals surface area contributed by atoms with Gasteiger partial charge < -0.3 is 55.1 Å². The maximum absolute atomic E-state index is 9.94. The predicted molar refractivity (Wildman–Crippen MR) is 68.6 cm³/mol. The zero-order chi connectivity index (χ0) is 17.3. The van der Waals surface area contributed by atoms with Crippen LogP contribution in [0.1, 0.15) is 0 Å². The number of ether oxygens (including phenoxy) is 3. The largest absolute Gasteiger partial charge is 0.394 e. The van der Waals surface area contributed by atoms with E-state index in [9.17, 15) is 35.7 Å². The molecule has 0 aromatic carbocycles. The van der Waals surface area contributed by atoms with E-state index in [1.54, 1.807) is 0 Å². The zero-order valence-corrected chi connectivity index (χ0v) is 12.0. The van der Waals surface area contributed by atoms with Gasteiger partial charge in [-0.3, -0.25) is 0 Å². The van der Waals surface area contributed by atoms with Crippen molar-refractivity contribution in [1.29, 1.82) is 0 Å². The Morgan fingerprint density at radius 2 is 1.26 bits per heavy atom. The minimum atomic E-state index is -1.74. The SMILES string of the molecule is OC[C@H]1O[C@H](O[C@@H]2[C@H](O)[C@H](O)C(O)O[C@@H]2CO)[C@H](O)[C@@H](O)[C@@H]1O. The van der Waals surface area contributed by atoms with Crippen molar-refractivity contribution in [2.24, 2.45) is 0 Å². The van der Waals surface area contributed by atoms with Crippen LogP contribution in [-0.2, 0) is 14.2 Å². The van der Waals surface area contributed by atoms with Gasteiger partial charge in [0, 0.05) is 0 Å². The van der Waals surface area contributed by atoms with Gasteiger partial charge in [0.2, 0.25) is 0 Å². The van der Waals surface area contributed by atoms with Crippen LogP contribution < -0.4 is 0 Å². The molecule has 1 unspecified atom stereocenters. The predicted octanol–water partition coefficient (Wildman–Crippen LogP) is -5.40. The first-order valence-corrected chi connectivity index (χ1v) is 7.08. The van der Waals surface area contributed by atoms with E-state index in [0.29, 0.717) is 0 Å². The van der Waals surface area contributed by atoms with Crippen LogP contribution >= 0.6 is 0 Å². The molecule has 2 heterocycles. The van der Waals surface area contributed by atoms with Gasteiger partial charge in [-0.25, -0.2) is 0 Å². The van der Waals surface area contributed by atoms with Crippen LogP contribution in [0.25, 0.3) is 0 Å². The van der Waals surface area contributed by atoms with Crippen molar-refractivity contribution < 1.29 is 55.1 Å². The third-order valence-corrected chi connectivity index (χ3v) is 3.98. The standard InChI is InChI=1S/C12H22O11/c13-1-3-5(15)6(16)9(19)12(22-3)23-10-4(2-14)21-11(20)8(18)7(10)17/h3-20H,1-2H2/t3-,4-,5-,6+,7-,8+,9-,10+,11?,12-/m1/s1. The molecule has 2 aliphatic rings. The molecule has 2 rings (SSSR count). The minimum Gasteiger partial charge on any atom is -0.394 e. The van der Waals surface area contributed by atoms with E-state index in [1.165, 1.54) is 0 Å². The Morgan fingerprint density at radius 1 is 0.652 bits per heavy atom. The molecule has 2 fully saturated rings. The van der Waals surface area contributed by atoms with E-state index < -0.39 is 74.6 Å². The molecule has 10 atom stereocenters. The normalized spacial score (nSPS) is 51.7. The van der Waals surface area contributed by atoms with Crippen LogP contribution in [0.5, 0.6) is 0 Å². The molecule has 23 heavy (non-hydrogen) atoms. The van der Waals surface area contributed by atoms with Crippen LogP contribution in [0.4, 0.5) is 0 Å². The first kappa shape index (κ1) is 18.9. The molecule has 11 nitrogen and oxygen atoms in total. The Morgan fingerprint density at radius 3 is 1.83 bits per heavy atom. The molecule has 2 aliphatic heterocycles. The van der Waals surface area contributed by atoms with Crippen LogP contribution in [0.15, 0.2) is 0 Å². The van der Waals surface area contributed by atoms with Gasteiger partial charge in [0.25, 0.3) is 0 Å². The second-order valence-corrected chi connectivity index (χ2v) is 5.53. The lowest BCUT2D eigenvalue weighted by molar-refractivity contribution is -0.355. The smallest absolute Gasteiger partial charge is 0.187 e.